The predicted octanol–water partition coefficient (Wildman–Crippen LogP) is 7.28. The first kappa shape index (κ1) is 41.2. The number of piperidine rings is 2. The molecule has 2 aromatic carbocycles. The molecule has 348 valence electrons. The summed E-state index contributed by atoms with van der Waals surface area (Å²) in [6.45, 7) is 2.73. The number of aryl methyl sites for hydroxylation is 2. The molecule has 2 aromatic heterocycles. The number of ether oxygens (including phenoxy) is 4. The largest absolute Gasteiger partial charge is 0.477 e. The fourth-order valence-corrected chi connectivity index (χ4v) is 18.8. The second-order valence-electron chi connectivity index (χ2n) is 21.8. The number of nitrogens with zero attached hydrogens (tertiary/aromatic N) is 2. The normalized spacial score (nSPS) is 37.3. The molecule has 5 saturated carbocycles. The third-order valence-corrected chi connectivity index (χ3v) is 22.5. The standard InChI is InChI=1S/C51H48Cl2N2O10S2/c52-38-31(9-11-34(58)62-29-7-5-25-19-33-50(60)15-13-27(56)44-47(50,36(25)40(29)64-44)17-18-54(33)20-23-1-2-23)66-43-39(53)32(67-42(38)43)10-12-35(59)63-30-8-6-26-37-41(30)65-45-28(57)14-16-51(61)46-49(26,22-48(37,45)51)55(46)21-24-3-4-24/h5-8,23-24,33,44-46,60-61H,1-4,9-22H2/t33-,44+,45+,46-,47+,48?,49?,50-,51-,55?/m1/s1. The monoisotopic (exact) mass is 982 g/mol. The van der Waals surface area contributed by atoms with E-state index in [1.165, 1.54) is 48.4 Å². The first-order valence-electron chi connectivity index (χ1n) is 24.3. The minimum Gasteiger partial charge on any atom is -0.477 e. The van der Waals surface area contributed by atoms with E-state index in [9.17, 15) is 29.4 Å². The maximum atomic E-state index is 13.6. The molecule has 4 bridgehead atoms. The average molecular weight is 984 g/mol. The van der Waals surface area contributed by atoms with Gasteiger partial charge in [0.05, 0.1) is 65.9 Å². The van der Waals surface area contributed by atoms with Crippen LogP contribution in [0.15, 0.2) is 24.3 Å². The molecular weight excluding hydrogens is 936 g/mol. The number of benzene rings is 2. The van der Waals surface area contributed by atoms with E-state index in [1.807, 2.05) is 12.1 Å². The van der Waals surface area contributed by atoms with Crippen LogP contribution < -0.4 is 18.9 Å². The van der Waals surface area contributed by atoms with Gasteiger partial charge in [-0.25, -0.2) is 0 Å². The fraction of sp³-hybridized carbons (Fsp3) is 0.569. The summed E-state index contributed by atoms with van der Waals surface area (Å²) in [4.78, 5) is 60.6. The van der Waals surface area contributed by atoms with Crippen molar-refractivity contribution in [3.63, 3.8) is 0 Å². The summed E-state index contributed by atoms with van der Waals surface area (Å²) in [7, 11) is 0. The van der Waals surface area contributed by atoms with Crippen LogP contribution in [0.3, 0.4) is 0 Å². The molecule has 7 aliphatic carbocycles. The van der Waals surface area contributed by atoms with Gasteiger partial charge in [-0.15, -0.1) is 22.7 Å². The molecule has 3 unspecified atom stereocenters. The SMILES string of the molecule is O=C(CCc1sc2c(Cl)c(CCC(=O)Oc3ccc4c5c3O[C@H]3C(=O)CC[C@@]6(O)[C@@H](C4)N(CC4CC4)CC[C@]536)sc2c1Cl)Oc1ccc2c3c1O[C@H]1C(=O)CC[C@@]4(O)[C@@H]5N(CC6CC6)C25CC314. The Morgan fingerprint density at radius 1 is 0.746 bits per heavy atom. The predicted molar refractivity (Wildman–Crippen MR) is 247 cm³/mol. The van der Waals surface area contributed by atoms with Gasteiger partial charge in [0.25, 0.3) is 0 Å². The van der Waals surface area contributed by atoms with Crippen LogP contribution in [0.4, 0.5) is 0 Å². The van der Waals surface area contributed by atoms with E-state index in [0.717, 1.165) is 61.0 Å². The van der Waals surface area contributed by atoms with Crippen molar-refractivity contribution in [2.45, 2.75) is 148 Å². The highest BCUT2D eigenvalue weighted by Gasteiger charge is 2.92. The van der Waals surface area contributed by atoms with Gasteiger partial charge in [-0.05, 0) is 112 Å². The smallest absolute Gasteiger partial charge is 0.311 e. The van der Waals surface area contributed by atoms with Crippen LogP contribution in [0.1, 0.15) is 109 Å². The topological polar surface area (TPSA) is 152 Å². The molecule has 7 fully saturated rings. The van der Waals surface area contributed by atoms with Gasteiger partial charge in [0.2, 0.25) is 0 Å². The molecule has 2 N–H and O–H groups in total. The van der Waals surface area contributed by atoms with Crippen LogP contribution in [-0.4, -0.2) is 98.6 Å². The number of fused-ring (bicyclic) bond motifs is 2. The number of halogens is 2. The Kier molecular flexibility index (Phi) is 8.25. The summed E-state index contributed by atoms with van der Waals surface area (Å²) in [5.41, 5.74) is -0.218. The van der Waals surface area contributed by atoms with E-state index in [2.05, 4.69) is 9.80 Å². The van der Waals surface area contributed by atoms with Gasteiger partial charge in [0, 0.05) is 52.9 Å². The summed E-state index contributed by atoms with van der Waals surface area (Å²) in [6, 6.07) is 7.50. The summed E-state index contributed by atoms with van der Waals surface area (Å²) < 4.78 is 26.5. The maximum absolute atomic E-state index is 13.6. The number of ketones is 2. The van der Waals surface area contributed by atoms with Gasteiger partial charge in [-0.3, -0.25) is 29.0 Å². The van der Waals surface area contributed by atoms with Crippen LogP contribution in [0, 0.1) is 11.8 Å². The Morgan fingerprint density at radius 3 is 1.97 bits per heavy atom. The Bertz CT molecular complexity index is 3000. The molecule has 6 heterocycles. The van der Waals surface area contributed by atoms with Crippen LogP contribution >= 0.6 is 45.9 Å². The van der Waals surface area contributed by atoms with E-state index in [1.54, 1.807) is 12.1 Å². The number of Topliss-reactive ketones (excluding diaryl/α,β-unsaturated/α-hetero) is 2. The second-order valence-corrected chi connectivity index (χ2v) is 24.7. The quantitative estimate of drug-likeness (QED) is 0.0835. The summed E-state index contributed by atoms with van der Waals surface area (Å²) >= 11 is 16.8. The van der Waals surface area contributed by atoms with Gasteiger partial charge in [0.15, 0.2) is 46.8 Å². The van der Waals surface area contributed by atoms with Crippen molar-refractivity contribution in [2.75, 3.05) is 19.6 Å². The zero-order chi connectivity index (χ0) is 45.3. The molecule has 15 rings (SSSR count). The fourth-order valence-electron chi connectivity index (χ4n) is 15.4. The number of carbonyl (C=O) groups is 4. The molecule has 16 heteroatoms. The first-order valence-corrected chi connectivity index (χ1v) is 26.7. The molecule has 0 amide bonds. The van der Waals surface area contributed by atoms with Crippen LogP contribution in [0.2, 0.25) is 10.0 Å². The lowest BCUT2D eigenvalue weighted by molar-refractivity contribution is -0.188. The lowest BCUT2D eigenvalue weighted by Gasteiger charge is -2.62. The van der Waals surface area contributed by atoms with Crippen molar-refractivity contribution < 1.29 is 48.3 Å². The van der Waals surface area contributed by atoms with Gasteiger partial charge in [-0.1, -0.05) is 35.3 Å². The highest BCUT2D eigenvalue weighted by atomic mass is 35.5. The van der Waals surface area contributed by atoms with E-state index in [0.29, 0.717) is 78.3 Å². The number of hydrogen-bond donors (Lipinski definition) is 2. The Labute approximate surface area is 403 Å². The van der Waals surface area contributed by atoms with Gasteiger partial charge in [-0.2, -0.15) is 0 Å². The van der Waals surface area contributed by atoms with Crippen LogP contribution in [-0.2, 0) is 54.8 Å². The number of likely N-dealkylation sites (tertiary alicyclic amines) is 2. The second kappa shape index (κ2) is 13.4. The van der Waals surface area contributed by atoms with Crippen molar-refractivity contribution in [1.82, 2.24) is 9.80 Å². The van der Waals surface area contributed by atoms with Crippen molar-refractivity contribution in [3.05, 3.63) is 66.3 Å². The first-order chi connectivity index (χ1) is 32.3. The van der Waals surface area contributed by atoms with Crippen LogP contribution in [0.5, 0.6) is 23.0 Å². The van der Waals surface area contributed by atoms with E-state index in [4.69, 9.17) is 42.1 Å². The van der Waals surface area contributed by atoms with Crippen molar-refractivity contribution in [2.24, 2.45) is 11.8 Å². The number of carbonyl (C=O) groups excluding carboxylic acids is 4. The Hall–Kier alpha value is -3.60. The third kappa shape index (κ3) is 5.05. The average Bonchev–Trinajstić information content (AvgIpc) is 4.24. The lowest BCUT2D eigenvalue weighted by atomic mass is 9.49. The maximum Gasteiger partial charge on any atom is 0.311 e. The van der Waals surface area contributed by atoms with Crippen molar-refractivity contribution in [3.8, 4) is 23.0 Å². The summed E-state index contributed by atoms with van der Waals surface area (Å²) in [6.07, 6.45) is 7.35. The minimum atomic E-state index is -1.10. The molecule has 11 aliphatic rings. The summed E-state index contributed by atoms with van der Waals surface area (Å²) in [5, 5.41) is 26.1. The zero-order valence-corrected chi connectivity index (χ0v) is 39.8. The van der Waals surface area contributed by atoms with Gasteiger partial charge < -0.3 is 29.2 Å². The van der Waals surface area contributed by atoms with Gasteiger partial charge >= 0.3 is 11.9 Å². The number of rotatable bonds is 12. The van der Waals surface area contributed by atoms with E-state index in [-0.39, 0.29) is 66.4 Å². The van der Waals surface area contributed by atoms with Crippen LogP contribution in [0.25, 0.3) is 9.40 Å². The molecule has 4 aliphatic heterocycles. The molecule has 3 spiro atoms. The number of esters is 2. The van der Waals surface area contributed by atoms with E-state index < -0.39 is 46.2 Å². The van der Waals surface area contributed by atoms with Gasteiger partial charge in [0.1, 0.15) is 0 Å². The highest BCUT2D eigenvalue weighted by Crippen LogP contribution is 2.82. The molecule has 12 nitrogen and oxygen atoms in total. The minimum absolute atomic E-state index is 0.00214. The van der Waals surface area contributed by atoms with Crippen molar-refractivity contribution in [1.29, 1.82) is 0 Å². The summed E-state index contributed by atoms with van der Waals surface area (Å²) in [5.74, 6) is 1.81. The Morgan fingerprint density at radius 2 is 1.33 bits per heavy atom. The lowest BCUT2D eigenvalue weighted by Crippen LogP contribution is -2.76. The third-order valence-electron chi connectivity index (χ3n) is 18.5. The zero-order valence-electron chi connectivity index (χ0n) is 36.6. The molecule has 0 radical (unpaired) electrons. The number of hydrogen-bond acceptors (Lipinski definition) is 14. The van der Waals surface area contributed by atoms with Crippen molar-refractivity contribution >= 4 is 78.8 Å². The number of aliphatic hydroxyl groups is 2. The molecule has 4 aromatic rings. The molecular formula is C51H48Cl2N2O10S2. The Balaban J connectivity index is 0.627. The molecule has 2 saturated heterocycles. The highest BCUT2D eigenvalue weighted by molar-refractivity contribution is 7.29. The number of thiophene rings is 2. The molecule has 67 heavy (non-hydrogen) atoms. The van der Waals surface area contributed by atoms with E-state index >= 15 is 0 Å². The molecule has 10 atom stereocenters.